The smallest absolute Gasteiger partial charge is 0.326 e. The summed E-state index contributed by atoms with van der Waals surface area (Å²) in [6, 6.07) is -0.840. The zero-order valence-corrected chi connectivity index (χ0v) is 74.2. The van der Waals surface area contributed by atoms with Gasteiger partial charge in [-0.05, 0) is 51.4 Å². The number of aliphatic hydroxyl groups is 6. The summed E-state index contributed by atoms with van der Waals surface area (Å²) in [6.07, 6.45) is -30.3. The zero-order valence-electron chi connectivity index (χ0n) is 74.2. The van der Waals surface area contributed by atoms with Crippen molar-refractivity contribution in [3.8, 4) is 0 Å². The second-order valence-electron chi connectivity index (χ2n) is 32.6. The Kier molecular flexibility index (Phi) is 48.1. The molecule has 5 heterocycles. The molecule has 5 saturated heterocycles. The standard InChI is InChI=1S/C84H135NO40/c1-44(2)38-59(58(110-49(7)90)36-32-28-24-21-23-27-31-35-56(97)34-30-26-22-19-17-15-16-18-20-25-29-33-37-64(99)85(14)45(3)79(104)105)117-80-67(102)66(101)70(61(119-80)41-106-46(4)87)123-82-76(125-84-78(116-55(13)96)75(114-53(11)94)72(112-51(9)92)63(121-84)43-108-48(6)89)69(57(98)40-109-82)122-81-68(103)73(65(100)60(39-86)118-81)124-83-77(115-54(12)95)74(113-52(10)93)71(111-50(8)91)62(120-83)42-107-47(5)88/h44-45,57-63,65-78,80-84,86,98,100-103H,15-43H2,1-14H3,(H,104,105)/t45?,57-,58+,59+,60-,61+,62-,63+,65+,66+,67+,68-,69+,70+,71-,72+,73+,74+,75-,76-,77-,78+,80+,81+,82+,83+,84-/m1/s1. The lowest BCUT2D eigenvalue weighted by Gasteiger charge is -2.50. The number of aliphatic hydroxyl groups excluding tert-OH is 6. The van der Waals surface area contributed by atoms with Crippen molar-refractivity contribution in [2.24, 2.45) is 5.92 Å². The van der Waals surface area contributed by atoms with Crippen molar-refractivity contribution < 1.29 is 193 Å². The van der Waals surface area contributed by atoms with Crippen molar-refractivity contribution >= 4 is 77.4 Å². The number of rotatable bonds is 54. The number of unbranched alkanes of at least 4 members (excludes halogenated alkanes) is 17. The zero-order chi connectivity index (χ0) is 92.9. The molecule has 5 aliphatic heterocycles. The van der Waals surface area contributed by atoms with Crippen LogP contribution in [0.4, 0.5) is 0 Å². The maximum Gasteiger partial charge on any atom is 0.326 e. The number of nitrogens with zero attached hydrogens (tertiary/aromatic N) is 1. The van der Waals surface area contributed by atoms with Crippen molar-refractivity contribution in [1.82, 2.24) is 4.90 Å². The third-order valence-electron chi connectivity index (χ3n) is 21.5. The van der Waals surface area contributed by atoms with Crippen LogP contribution in [0, 0.1) is 5.92 Å². The fraction of sp³-hybridized carbons (Fsp3) is 0.845. The van der Waals surface area contributed by atoms with Crippen molar-refractivity contribution in [1.29, 1.82) is 0 Å². The number of carbonyl (C=O) groups excluding carboxylic acids is 12. The number of carbonyl (C=O) groups is 13. The number of ether oxygens (including phenoxy) is 20. The summed E-state index contributed by atoms with van der Waals surface area (Å²) >= 11 is 0. The van der Waals surface area contributed by atoms with Crippen LogP contribution in [-0.4, -0.2) is 324 Å². The molecule has 41 heteroatoms. The third-order valence-corrected chi connectivity index (χ3v) is 21.5. The Hall–Kier alpha value is -7.33. The van der Waals surface area contributed by atoms with Gasteiger partial charge in [0.1, 0.15) is 117 Å². The molecule has 0 radical (unpaired) electrons. The first-order valence-corrected chi connectivity index (χ1v) is 43.3. The molecule has 0 aliphatic carbocycles. The van der Waals surface area contributed by atoms with Crippen molar-refractivity contribution in [2.75, 3.05) is 40.1 Å². The van der Waals surface area contributed by atoms with E-state index in [4.69, 9.17) is 99.8 Å². The van der Waals surface area contributed by atoms with Gasteiger partial charge in [-0.25, -0.2) is 4.79 Å². The van der Waals surface area contributed by atoms with E-state index in [9.17, 15) is 93.0 Å². The molecule has 1 amide bonds. The van der Waals surface area contributed by atoms with Crippen LogP contribution in [-0.2, 0) is 157 Å². The predicted octanol–water partition coefficient (Wildman–Crippen LogP) is 3.70. The quantitative estimate of drug-likeness (QED) is 0.0259. The Bertz CT molecular complexity index is 3380. The van der Waals surface area contributed by atoms with Crippen molar-refractivity contribution in [3.63, 3.8) is 0 Å². The Morgan fingerprint density at radius 2 is 0.728 bits per heavy atom. The lowest BCUT2D eigenvalue weighted by atomic mass is 9.95. The molecule has 716 valence electrons. The first kappa shape index (κ1) is 108. The Morgan fingerprint density at radius 1 is 0.360 bits per heavy atom. The summed E-state index contributed by atoms with van der Waals surface area (Å²) in [4.78, 5) is 165. The second-order valence-corrected chi connectivity index (χ2v) is 32.6. The average Bonchev–Trinajstić information content (AvgIpc) is 0.784. The van der Waals surface area contributed by atoms with E-state index in [0.717, 1.165) is 178 Å². The van der Waals surface area contributed by atoms with Gasteiger partial charge in [-0.2, -0.15) is 0 Å². The highest BCUT2D eigenvalue weighted by molar-refractivity contribution is 5.83. The lowest BCUT2D eigenvalue weighted by Crippen LogP contribution is -2.68. The molecule has 0 aromatic heterocycles. The molecule has 125 heavy (non-hydrogen) atoms. The minimum absolute atomic E-state index is 0.149. The molecule has 1 unspecified atom stereocenters. The summed E-state index contributed by atoms with van der Waals surface area (Å²) < 4.78 is 119. The molecule has 0 aromatic carbocycles. The summed E-state index contributed by atoms with van der Waals surface area (Å²) in [6.45, 7) is 10.8. The topological polar surface area (TPSA) is 551 Å². The molecule has 41 nitrogen and oxygen atoms in total. The van der Waals surface area contributed by atoms with Crippen LogP contribution in [0.25, 0.3) is 0 Å². The molecule has 0 aromatic rings. The van der Waals surface area contributed by atoms with Gasteiger partial charge >= 0.3 is 65.7 Å². The molecule has 5 aliphatic rings. The van der Waals surface area contributed by atoms with Gasteiger partial charge in [0.15, 0.2) is 68.1 Å². The highest BCUT2D eigenvalue weighted by Crippen LogP contribution is 2.40. The fourth-order valence-corrected chi connectivity index (χ4v) is 15.3. The lowest BCUT2D eigenvalue weighted by molar-refractivity contribution is -0.402. The number of carboxylic acids is 1. The van der Waals surface area contributed by atoms with E-state index < -0.39 is 264 Å². The summed E-state index contributed by atoms with van der Waals surface area (Å²) in [7, 11) is 1.52. The first-order valence-electron chi connectivity index (χ1n) is 43.3. The van der Waals surface area contributed by atoms with Gasteiger partial charge in [0, 0.05) is 95.5 Å². The number of aliphatic carboxylic acids is 1. The molecule has 5 fully saturated rings. The maximum atomic E-state index is 13.2. The summed E-state index contributed by atoms with van der Waals surface area (Å²) in [5.74, 6) is -10.7. The van der Waals surface area contributed by atoms with E-state index in [1.165, 1.54) is 25.8 Å². The molecule has 27 atom stereocenters. The van der Waals surface area contributed by atoms with Crippen LogP contribution in [0.15, 0.2) is 0 Å². The van der Waals surface area contributed by atoms with Gasteiger partial charge in [0.2, 0.25) is 5.91 Å². The first-order chi connectivity index (χ1) is 59.1. The minimum Gasteiger partial charge on any atom is -0.480 e. The van der Waals surface area contributed by atoms with Gasteiger partial charge in [-0.3, -0.25) is 57.5 Å². The van der Waals surface area contributed by atoms with Crippen LogP contribution in [0.5, 0.6) is 0 Å². The normalized spacial score (nSPS) is 29.9. The van der Waals surface area contributed by atoms with E-state index in [1.54, 1.807) is 0 Å². The number of amides is 1. The highest BCUT2D eigenvalue weighted by Gasteiger charge is 2.60. The summed E-state index contributed by atoms with van der Waals surface area (Å²) in [5, 5.41) is 81.5. The second kappa shape index (κ2) is 55.5. The van der Waals surface area contributed by atoms with Gasteiger partial charge < -0.3 is 135 Å². The Labute approximate surface area is 728 Å². The molecular formula is C84H135NO40. The minimum atomic E-state index is -2.40. The van der Waals surface area contributed by atoms with Crippen LogP contribution in [0.1, 0.15) is 244 Å². The van der Waals surface area contributed by atoms with Crippen LogP contribution >= 0.6 is 0 Å². The van der Waals surface area contributed by atoms with Crippen LogP contribution < -0.4 is 0 Å². The molecule has 0 saturated carbocycles. The van der Waals surface area contributed by atoms with E-state index in [0.29, 0.717) is 25.7 Å². The largest absolute Gasteiger partial charge is 0.480 e. The molecule has 7 N–H and O–H groups in total. The number of carboxylic acid groups (broad SMARTS) is 1. The van der Waals surface area contributed by atoms with Crippen molar-refractivity contribution in [3.05, 3.63) is 0 Å². The highest BCUT2D eigenvalue weighted by atomic mass is 16.8. The number of esters is 10. The number of hydrogen-bond acceptors (Lipinski definition) is 39. The van der Waals surface area contributed by atoms with Gasteiger partial charge in [0.25, 0.3) is 0 Å². The van der Waals surface area contributed by atoms with E-state index in [2.05, 4.69) is 0 Å². The van der Waals surface area contributed by atoms with Gasteiger partial charge in [-0.15, -0.1) is 0 Å². The van der Waals surface area contributed by atoms with E-state index >= 15 is 0 Å². The predicted molar refractivity (Wildman–Crippen MR) is 425 cm³/mol. The number of Topliss-reactive ketones (excluding diaryl/α,β-unsaturated/α-hetero) is 1. The SMILES string of the molecule is CC(=O)OC[C@@H]1O[C@H](O[C@@H](CC(C)C)[C@H](CCCCCCCCCC(=O)CCCCCCCCCCCCCCC(=O)N(C)C(C)C(=O)O)OC(C)=O)[C@@H](O)[C@H](O)[C@H]1O[C@@H]1OC[C@@H](O)[C@H](O[C@@H]2O[C@H](CO)[C@H](O)[C@H](O[C@@H]3O[C@H](COC(C)=O)[C@@H](OC(C)=O)[C@H](OC(C)=O)[C@H]3OC(C)=O)[C@H]2O)[C@H]1O[C@H]1O[C@@H](COC(C)=O)[C@H](OC(C)=O)[C@@H](OC(C)=O)[C@@H]1OC(C)=O. The van der Waals surface area contributed by atoms with Gasteiger partial charge in [0.05, 0.1) is 19.3 Å². The molecule has 0 bridgehead atoms. The summed E-state index contributed by atoms with van der Waals surface area (Å²) in [5.41, 5.74) is 0. The van der Waals surface area contributed by atoms with E-state index in [-0.39, 0.29) is 30.4 Å². The van der Waals surface area contributed by atoms with Gasteiger partial charge in [-0.1, -0.05) is 110 Å². The van der Waals surface area contributed by atoms with Crippen molar-refractivity contribution in [2.45, 2.75) is 410 Å². The molecule has 5 rings (SSSR count). The fourth-order valence-electron chi connectivity index (χ4n) is 15.3. The average molecular weight is 1800 g/mol. The van der Waals surface area contributed by atoms with Crippen LogP contribution in [0.3, 0.4) is 0 Å². The monoisotopic (exact) mass is 1800 g/mol. The number of ketones is 1. The number of likely N-dealkylation sites (N-methyl/N-ethyl adjacent to an activating group) is 1. The van der Waals surface area contributed by atoms with E-state index in [1.807, 2.05) is 13.8 Å². The number of hydrogen-bond donors (Lipinski definition) is 7. The molecule has 0 spiro atoms. The maximum absolute atomic E-state index is 13.2. The Morgan fingerprint density at radius 3 is 1.14 bits per heavy atom. The van der Waals surface area contributed by atoms with Crippen LogP contribution in [0.2, 0.25) is 0 Å². The molecular weight excluding hydrogens is 1660 g/mol. The Balaban J connectivity index is 1.36. The third kappa shape index (κ3) is 37.0.